The lowest BCUT2D eigenvalue weighted by Crippen LogP contribution is -2.39. The molecule has 4 atom stereocenters. The van der Waals surface area contributed by atoms with Crippen LogP contribution in [0.3, 0.4) is 0 Å². The van der Waals surface area contributed by atoms with Gasteiger partial charge in [-0.3, -0.25) is 4.79 Å². The van der Waals surface area contributed by atoms with Crippen molar-refractivity contribution in [2.45, 2.75) is 18.6 Å². The highest BCUT2D eigenvalue weighted by Crippen LogP contribution is 2.37. The molecule has 0 spiro atoms. The monoisotopic (exact) mass is 193 g/mol. The third kappa shape index (κ3) is 1.20. The minimum atomic E-state index is -0.776. The number of aliphatic carboxylic acids is 1. The molecule has 5 heteroatoms. The Kier molecular flexibility index (Phi) is 2.61. The molecule has 1 aliphatic carbocycles. The first-order valence-electron chi connectivity index (χ1n) is 3.84. The zero-order valence-corrected chi connectivity index (χ0v) is 7.25. The van der Waals surface area contributed by atoms with E-state index in [1.165, 1.54) is 0 Å². The highest BCUT2D eigenvalue weighted by molar-refractivity contribution is 5.85. The van der Waals surface area contributed by atoms with Gasteiger partial charge in [-0.1, -0.05) is 0 Å². The molecule has 1 heterocycles. The number of carbonyl (C=O) groups is 1. The molecule has 1 saturated carbocycles. The highest BCUT2D eigenvalue weighted by Gasteiger charge is 2.51. The van der Waals surface area contributed by atoms with Gasteiger partial charge in [0.1, 0.15) is 0 Å². The first-order chi connectivity index (χ1) is 5.20. The van der Waals surface area contributed by atoms with Gasteiger partial charge in [0, 0.05) is 6.04 Å². The average Bonchev–Trinajstić information content (AvgIpc) is 2.41. The molecule has 4 nitrogen and oxygen atoms in total. The number of fused-ring (bicyclic) bond motifs is 2. The number of hydrogen-bond donors (Lipinski definition) is 3. The molecule has 0 aromatic heterocycles. The van der Waals surface area contributed by atoms with Crippen LogP contribution in [0.2, 0.25) is 0 Å². The van der Waals surface area contributed by atoms with Gasteiger partial charge in [-0.05, 0) is 18.9 Å². The summed E-state index contributed by atoms with van der Waals surface area (Å²) in [5.74, 6) is -0.987. The van der Waals surface area contributed by atoms with Crippen LogP contribution in [-0.4, -0.2) is 34.9 Å². The van der Waals surface area contributed by atoms with E-state index < -0.39 is 12.1 Å². The van der Waals surface area contributed by atoms with Crippen LogP contribution in [0.25, 0.3) is 0 Å². The van der Waals surface area contributed by atoms with Gasteiger partial charge in [-0.15, -0.1) is 12.4 Å². The summed E-state index contributed by atoms with van der Waals surface area (Å²) in [6.45, 7) is 0.749. The zero-order valence-electron chi connectivity index (χ0n) is 6.43. The van der Waals surface area contributed by atoms with Gasteiger partial charge >= 0.3 is 5.97 Å². The lowest BCUT2D eigenvalue weighted by atomic mass is 9.99. The Morgan fingerprint density at radius 2 is 2.17 bits per heavy atom. The van der Waals surface area contributed by atoms with Crippen molar-refractivity contribution in [2.24, 2.45) is 11.8 Å². The van der Waals surface area contributed by atoms with Crippen LogP contribution in [0.5, 0.6) is 0 Å². The molecule has 0 radical (unpaired) electrons. The van der Waals surface area contributed by atoms with E-state index in [1.807, 2.05) is 0 Å². The number of rotatable bonds is 1. The van der Waals surface area contributed by atoms with Gasteiger partial charge in [-0.25, -0.2) is 0 Å². The summed E-state index contributed by atoms with van der Waals surface area (Å²) in [7, 11) is 0. The molecule has 2 rings (SSSR count). The van der Waals surface area contributed by atoms with Crippen molar-refractivity contribution >= 4 is 18.4 Å². The number of nitrogens with one attached hydrogen (secondary N) is 1. The van der Waals surface area contributed by atoms with Gasteiger partial charge in [0.2, 0.25) is 0 Å². The lowest BCUT2D eigenvalue weighted by molar-refractivity contribution is -0.142. The van der Waals surface area contributed by atoms with E-state index in [-0.39, 0.29) is 30.3 Å². The maximum Gasteiger partial charge on any atom is 0.308 e. The van der Waals surface area contributed by atoms with Crippen LogP contribution < -0.4 is 5.32 Å². The van der Waals surface area contributed by atoms with Crippen molar-refractivity contribution in [1.29, 1.82) is 0 Å². The van der Waals surface area contributed by atoms with Gasteiger partial charge in [0.15, 0.2) is 0 Å². The Morgan fingerprint density at radius 1 is 1.50 bits per heavy atom. The molecule has 0 amide bonds. The van der Waals surface area contributed by atoms with E-state index >= 15 is 0 Å². The summed E-state index contributed by atoms with van der Waals surface area (Å²) in [5.41, 5.74) is 0. The van der Waals surface area contributed by atoms with E-state index in [4.69, 9.17) is 5.11 Å². The summed E-state index contributed by atoms with van der Waals surface area (Å²) in [6.07, 6.45) is 0.198. The maximum atomic E-state index is 10.7. The molecule has 1 aliphatic heterocycles. The second kappa shape index (κ2) is 3.20. The number of aliphatic hydroxyl groups is 1. The van der Waals surface area contributed by atoms with Crippen molar-refractivity contribution in [3.8, 4) is 0 Å². The van der Waals surface area contributed by atoms with E-state index in [9.17, 15) is 9.90 Å². The summed E-state index contributed by atoms with van der Waals surface area (Å²) >= 11 is 0. The van der Waals surface area contributed by atoms with Crippen LogP contribution in [0.1, 0.15) is 6.42 Å². The van der Waals surface area contributed by atoms with Gasteiger partial charge in [-0.2, -0.15) is 0 Å². The van der Waals surface area contributed by atoms with Gasteiger partial charge in [0.05, 0.1) is 12.0 Å². The minimum absolute atomic E-state index is 0. The quantitative estimate of drug-likeness (QED) is 0.523. The molecule has 0 aromatic rings. The van der Waals surface area contributed by atoms with E-state index in [0.717, 1.165) is 6.54 Å². The average molecular weight is 194 g/mol. The topological polar surface area (TPSA) is 69.6 Å². The molecular weight excluding hydrogens is 182 g/mol. The van der Waals surface area contributed by atoms with E-state index in [0.29, 0.717) is 6.42 Å². The fourth-order valence-electron chi connectivity index (χ4n) is 2.25. The van der Waals surface area contributed by atoms with E-state index in [1.54, 1.807) is 0 Å². The molecule has 2 aliphatic rings. The second-order valence-electron chi connectivity index (χ2n) is 3.36. The number of piperidine rings is 1. The van der Waals surface area contributed by atoms with Crippen molar-refractivity contribution in [3.63, 3.8) is 0 Å². The Labute approximate surface area is 76.4 Å². The van der Waals surface area contributed by atoms with Crippen LogP contribution in [0.4, 0.5) is 0 Å². The lowest BCUT2D eigenvalue weighted by Gasteiger charge is -2.16. The van der Waals surface area contributed by atoms with Crippen molar-refractivity contribution < 1.29 is 15.0 Å². The molecule has 0 unspecified atom stereocenters. The molecular formula is C7H12ClNO3. The fourth-order valence-corrected chi connectivity index (χ4v) is 2.25. The number of aliphatic hydroxyl groups excluding tert-OH is 1. The number of carboxylic acids is 1. The van der Waals surface area contributed by atoms with Crippen molar-refractivity contribution in [1.82, 2.24) is 5.32 Å². The first kappa shape index (κ1) is 9.77. The van der Waals surface area contributed by atoms with Gasteiger partial charge < -0.3 is 15.5 Å². The largest absolute Gasteiger partial charge is 0.481 e. The number of carboxylic acid groups (broad SMARTS) is 1. The summed E-state index contributed by atoms with van der Waals surface area (Å²) < 4.78 is 0. The second-order valence-corrected chi connectivity index (χ2v) is 3.36. The molecule has 3 N–H and O–H groups in total. The molecule has 2 bridgehead atoms. The van der Waals surface area contributed by atoms with Crippen molar-refractivity contribution in [2.75, 3.05) is 6.54 Å². The summed E-state index contributed by atoms with van der Waals surface area (Å²) in [4.78, 5) is 10.7. The van der Waals surface area contributed by atoms with Crippen LogP contribution in [0, 0.1) is 11.8 Å². The molecule has 70 valence electrons. The summed E-state index contributed by atoms with van der Waals surface area (Å²) in [6, 6.07) is -0.197. The van der Waals surface area contributed by atoms with Crippen LogP contribution in [0.15, 0.2) is 0 Å². The fraction of sp³-hybridized carbons (Fsp3) is 0.857. The predicted molar refractivity (Wildman–Crippen MR) is 44.3 cm³/mol. The first-order valence-corrected chi connectivity index (χ1v) is 3.84. The maximum absolute atomic E-state index is 10.7. The standard InChI is InChI=1S/C7H11NO3.ClH/c9-4-1-3-2-8-6(4)5(3)7(10)11;/h3-6,8-9H,1-2H2,(H,10,11);1H/t3-,4+,5-,6-;/m0./s1. The Morgan fingerprint density at radius 3 is 2.42 bits per heavy atom. The van der Waals surface area contributed by atoms with E-state index in [2.05, 4.69) is 5.32 Å². The third-order valence-electron chi connectivity index (χ3n) is 2.75. The smallest absolute Gasteiger partial charge is 0.308 e. The Bertz CT molecular complexity index is 199. The molecule has 2 fully saturated rings. The highest BCUT2D eigenvalue weighted by atomic mass is 35.5. The number of hydrogen-bond acceptors (Lipinski definition) is 3. The van der Waals surface area contributed by atoms with Crippen molar-refractivity contribution in [3.05, 3.63) is 0 Å². The third-order valence-corrected chi connectivity index (χ3v) is 2.75. The normalized spacial score (nSPS) is 44.1. The predicted octanol–water partition coefficient (Wildman–Crippen LogP) is -0.538. The zero-order chi connectivity index (χ0) is 8.01. The van der Waals surface area contributed by atoms with Crippen LogP contribution in [-0.2, 0) is 4.79 Å². The minimum Gasteiger partial charge on any atom is -0.481 e. The molecule has 12 heavy (non-hydrogen) atoms. The van der Waals surface area contributed by atoms with Crippen LogP contribution >= 0.6 is 12.4 Å². The number of halogens is 1. The summed E-state index contributed by atoms with van der Waals surface area (Å²) in [5, 5.41) is 21.1. The van der Waals surface area contributed by atoms with Gasteiger partial charge in [0.25, 0.3) is 0 Å². The Hall–Kier alpha value is -0.320. The Balaban J connectivity index is 0.000000720. The SMILES string of the molecule is Cl.O=C(O)[C@H]1[C@@H]2CN[C@H]1[C@H](O)C2. The molecule has 0 aromatic carbocycles. The molecule has 1 saturated heterocycles.